The number of carbonyl (C=O) groups excluding carboxylic acids is 2. The van der Waals surface area contributed by atoms with Crippen LogP contribution < -0.4 is 9.47 Å². The SMILES string of the molecule is O=C1OCC(O)=C1C(C1=C(O)COC1=O)c1cc2c(cc1[N+](=O)[O-])OCO2. The second-order valence-corrected chi connectivity index (χ2v) is 5.83. The number of aliphatic hydroxyl groups is 2. The zero-order chi connectivity index (χ0) is 19.3. The van der Waals surface area contributed by atoms with Gasteiger partial charge in [-0.2, -0.15) is 0 Å². The van der Waals surface area contributed by atoms with E-state index in [4.69, 9.17) is 18.9 Å². The molecule has 140 valence electrons. The molecule has 1 aromatic carbocycles. The molecular weight excluding hydrogens is 366 g/mol. The van der Waals surface area contributed by atoms with Gasteiger partial charge in [-0.1, -0.05) is 0 Å². The van der Waals surface area contributed by atoms with Crippen LogP contribution >= 0.6 is 0 Å². The Balaban J connectivity index is 2.00. The molecule has 0 radical (unpaired) electrons. The molecule has 2 N–H and O–H groups in total. The maximum absolute atomic E-state index is 12.2. The third-order valence-electron chi connectivity index (χ3n) is 4.35. The van der Waals surface area contributed by atoms with Gasteiger partial charge in [-0.3, -0.25) is 10.1 Å². The highest BCUT2D eigenvalue weighted by atomic mass is 16.7. The van der Waals surface area contributed by atoms with E-state index in [0.29, 0.717) is 0 Å². The Morgan fingerprint density at radius 3 is 1.89 bits per heavy atom. The molecule has 27 heavy (non-hydrogen) atoms. The van der Waals surface area contributed by atoms with E-state index in [1.54, 1.807) is 0 Å². The zero-order valence-corrected chi connectivity index (χ0v) is 13.5. The molecule has 0 aliphatic carbocycles. The van der Waals surface area contributed by atoms with Crippen LogP contribution in [0.25, 0.3) is 0 Å². The van der Waals surface area contributed by atoms with Crippen molar-refractivity contribution in [3.05, 3.63) is 50.5 Å². The molecule has 0 saturated carbocycles. The first-order valence-electron chi connectivity index (χ1n) is 7.64. The monoisotopic (exact) mass is 377 g/mol. The van der Waals surface area contributed by atoms with Crippen LogP contribution in [0.4, 0.5) is 5.69 Å². The molecular formula is C16H11NO10. The summed E-state index contributed by atoms with van der Waals surface area (Å²) in [6, 6.07) is 2.31. The van der Waals surface area contributed by atoms with Crippen molar-refractivity contribution in [2.24, 2.45) is 0 Å². The minimum Gasteiger partial charge on any atom is -0.508 e. The van der Waals surface area contributed by atoms with E-state index in [1.807, 2.05) is 0 Å². The van der Waals surface area contributed by atoms with Crippen LogP contribution in [0.15, 0.2) is 34.8 Å². The van der Waals surface area contributed by atoms with Crippen molar-refractivity contribution >= 4 is 17.6 Å². The highest BCUT2D eigenvalue weighted by molar-refractivity contribution is 6.01. The van der Waals surface area contributed by atoms with Crippen LogP contribution in [-0.2, 0) is 19.1 Å². The van der Waals surface area contributed by atoms with Crippen LogP contribution in [0.1, 0.15) is 11.5 Å². The summed E-state index contributed by atoms with van der Waals surface area (Å²) in [5, 5.41) is 31.8. The number of nitrogens with zero attached hydrogens (tertiary/aromatic N) is 1. The maximum Gasteiger partial charge on any atom is 0.338 e. The van der Waals surface area contributed by atoms with Crippen LogP contribution in [0, 0.1) is 10.1 Å². The molecule has 3 aliphatic heterocycles. The predicted octanol–water partition coefficient (Wildman–Crippen LogP) is 1.14. The van der Waals surface area contributed by atoms with Crippen LogP contribution in [0.2, 0.25) is 0 Å². The summed E-state index contributed by atoms with van der Waals surface area (Å²) in [7, 11) is 0. The quantitative estimate of drug-likeness (QED) is 0.443. The number of nitro groups is 1. The number of esters is 2. The molecule has 0 unspecified atom stereocenters. The average molecular weight is 377 g/mol. The Morgan fingerprint density at radius 2 is 1.44 bits per heavy atom. The molecule has 0 amide bonds. The lowest BCUT2D eigenvalue weighted by Crippen LogP contribution is -2.18. The Morgan fingerprint density at radius 1 is 0.926 bits per heavy atom. The molecule has 11 nitrogen and oxygen atoms in total. The minimum absolute atomic E-state index is 0.114. The summed E-state index contributed by atoms with van der Waals surface area (Å²) in [6.45, 7) is -1.06. The molecule has 0 spiro atoms. The van der Waals surface area contributed by atoms with Crippen molar-refractivity contribution in [3.8, 4) is 11.5 Å². The highest BCUT2D eigenvalue weighted by Crippen LogP contribution is 2.47. The fourth-order valence-corrected chi connectivity index (χ4v) is 3.18. The van der Waals surface area contributed by atoms with Gasteiger partial charge >= 0.3 is 11.9 Å². The number of nitro benzene ring substituents is 1. The second kappa shape index (κ2) is 5.90. The number of fused-ring (bicyclic) bond motifs is 1. The summed E-state index contributed by atoms with van der Waals surface area (Å²) in [5.74, 6) is -4.16. The van der Waals surface area contributed by atoms with Crippen molar-refractivity contribution < 1.29 is 43.7 Å². The summed E-state index contributed by atoms with van der Waals surface area (Å²) >= 11 is 0. The van der Waals surface area contributed by atoms with Gasteiger partial charge in [0, 0.05) is 5.56 Å². The van der Waals surface area contributed by atoms with Gasteiger partial charge in [0.2, 0.25) is 6.79 Å². The van der Waals surface area contributed by atoms with Crippen LogP contribution in [-0.4, -0.2) is 47.1 Å². The number of ether oxygens (including phenoxy) is 4. The van der Waals surface area contributed by atoms with Crippen molar-refractivity contribution in [2.45, 2.75) is 5.92 Å². The third-order valence-corrected chi connectivity index (χ3v) is 4.35. The van der Waals surface area contributed by atoms with E-state index in [-0.39, 0.29) is 23.9 Å². The molecule has 0 aromatic heterocycles. The number of hydrogen-bond donors (Lipinski definition) is 2. The van der Waals surface area contributed by atoms with Gasteiger partial charge in [0.15, 0.2) is 11.5 Å². The van der Waals surface area contributed by atoms with Gasteiger partial charge in [0.25, 0.3) is 5.69 Å². The lowest BCUT2D eigenvalue weighted by molar-refractivity contribution is -0.385. The van der Waals surface area contributed by atoms with Gasteiger partial charge in [-0.15, -0.1) is 0 Å². The lowest BCUT2D eigenvalue weighted by atomic mass is 9.82. The first-order chi connectivity index (χ1) is 12.9. The zero-order valence-electron chi connectivity index (χ0n) is 13.5. The standard InChI is InChI=1S/C16H11NO10/c18-8-3-24-15(20)13(8)12(14-9(19)4-25-16(14)21)6-1-10-11(27-5-26-10)2-7(6)17(22)23/h1-2,12,18-19H,3-5H2. The first kappa shape index (κ1) is 16.7. The molecule has 3 heterocycles. The largest absolute Gasteiger partial charge is 0.508 e. The molecule has 0 fully saturated rings. The molecule has 4 rings (SSSR count). The van der Waals surface area contributed by atoms with E-state index in [9.17, 15) is 29.9 Å². The van der Waals surface area contributed by atoms with Gasteiger partial charge in [-0.25, -0.2) is 9.59 Å². The normalized spacial score (nSPS) is 18.4. The maximum atomic E-state index is 12.2. The Bertz CT molecular complexity index is 920. The molecule has 0 atom stereocenters. The van der Waals surface area contributed by atoms with Gasteiger partial charge in [0.1, 0.15) is 24.7 Å². The van der Waals surface area contributed by atoms with Crippen molar-refractivity contribution in [1.29, 1.82) is 0 Å². The highest BCUT2D eigenvalue weighted by Gasteiger charge is 2.45. The molecule has 1 aromatic rings. The number of benzene rings is 1. The van der Waals surface area contributed by atoms with E-state index in [1.165, 1.54) is 6.07 Å². The summed E-state index contributed by atoms with van der Waals surface area (Å²) in [4.78, 5) is 35.2. The third kappa shape index (κ3) is 2.51. The van der Waals surface area contributed by atoms with E-state index in [0.717, 1.165) is 6.07 Å². The summed E-state index contributed by atoms with van der Waals surface area (Å²) in [5.41, 5.74) is -1.44. The van der Waals surface area contributed by atoms with E-state index in [2.05, 4.69) is 0 Å². The average Bonchev–Trinajstić information content (AvgIpc) is 3.30. The Labute approximate surface area is 150 Å². The minimum atomic E-state index is -1.48. The van der Waals surface area contributed by atoms with E-state index >= 15 is 0 Å². The predicted molar refractivity (Wildman–Crippen MR) is 83.2 cm³/mol. The first-order valence-corrected chi connectivity index (χ1v) is 7.64. The molecule has 0 saturated heterocycles. The van der Waals surface area contributed by atoms with Crippen molar-refractivity contribution in [1.82, 2.24) is 0 Å². The van der Waals surface area contributed by atoms with Gasteiger partial charge < -0.3 is 29.2 Å². The number of aliphatic hydroxyl groups excluding tert-OH is 2. The molecule has 3 aliphatic rings. The fraction of sp³-hybridized carbons (Fsp3) is 0.250. The van der Waals surface area contributed by atoms with Crippen LogP contribution in [0.5, 0.6) is 11.5 Å². The number of carbonyl (C=O) groups is 2. The fourth-order valence-electron chi connectivity index (χ4n) is 3.18. The number of cyclic esters (lactones) is 2. The second-order valence-electron chi connectivity index (χ2n) is 5.83. The molecule has 0 bridgehead atoms. The smallest absolute Gasteiger partial charge is 0.338 e. The van der Waals surface area contributed by atoms with Gasteiger partial charge in [-0.05, 0) is 6.07 Å². The Kier molecular flexibility index (Phi) is 3.65. The van der Waals surface area contributed by atoms with E-state index < -0.39 is 64.3 Å². The topological polar surface area (TPSA) is 155 Å². The van der Waals surface area contributed by atoms with Crippen molar-refractivity contribution in [3.63, 3.8) is 0 Å². The van der Waals surface area contributed by atoms with Gasteiger partial charge in [0.05, 0.1) is 28.1 Å². The number of hydrogen-bond acceptors (Lipinski definition) is 10. The lowest BCUT2D eigenvalue weighted by Gasteiger charge is -2.17. The Hall–Kier alpha value is -3.76. The summed E-state index contributed by atoms with van der Waals surface area (Å²) in [6.07, 6.45) is 0. The van der Waals surface area contributed by atoms with Crippen LogP contribution in [0.3, 0.4) is 0 Å². The van der Waals surface area contributed by atoms with Crippen molar-refractivity contribution in [2.75, 3.05) is 20.0 Å². The molecule has 11 heteroatoms. The number of rotatable bonds is 4. The summed E-state index contributed by atoms with van der Waals surface area (Å²) < 4.78 is 19.9.